The number of halogens is 3. The lowest BCUT2D eigenvalue weighted by Crippen LogP contribution is -2.43. The number of carbonyl (C=O) groups excluding carboxylic acids is 1. The number of alkyl halides is 3. The molecule has 4 nitrogen and oxygen atoms in total. The lowest BCUT2D eigenvalue weighted by Gasteiger charge is -2.23. The highest BCUT2D eigenvalue weighted by Gasteiger charge is 2.34. The number of amides is 1. The quantitative estimate of drug-likeness (QED) is 0.890. The van der Waals surface area contributed by atoms with Crippen LogP contribution in [0.4, 0.5) is 13.2 Å². The lowest BCUT2D eigenvalue weighted by molar-refractivity contribution is -0.142. The van der Waals surface area contributed by atoms with Gasteiger partial charge in [-0.2, -0.15) is 18.3 Å². The fraction of sp³-hybridized carbons (Fsp3) is 0.636. The second-order valence-electron chi connectivity index (χ2n) is 5.09. The van der Waals surface area contributed by atoms with Crippen molar-refractivity contribution in [3.05, 3.63) is 18.0 Å². The van der Waals surface area contributed by atoms with Gasteiger partial charge in [-0.25, -0.2) is 0 Å². The summed E-state index contributed by atoms with van der Waals surface area (Å²) in [7, 11) is 0. The van der Waals surface area contributed by atoms with Gasteiger partial charge in [-0.15, -0.1) is 0 Å². The van der Waals surface area contributed by atoms with Crippen LogP contribution in [0, 0.1) is 0 Å². The van der Waals surface area contributed by atoms with Crippen molar-refractivity contribution in [3.63, 3.8) is 0 Å². The SMILES string of the molecule is CC(C(=O)NC(C)(C)C)n1ccc(C(F)(F)F)n1. The van der Waals surface area contributed by atoms with Gasteiger partial charge in [0.1, 0.15) is 6.04 Å². The van der Waals surface area contributed by atoms with Crippen LogP contribution in [0.3, 0.4) is 0 Å². The molecule has 1 unspecified atom stereocenters. The van der Waals surface area contributed by atoms with Crippen molar-refractivity contribution in [2.45, 2.75) is 45.5 Å². The molecule has 1 heterocycles. The Balaban J connectivity index is 2.82. The standard InChI is InChI=1S/C11H16F3N3O/c1-7(9(18)15-10(2,3)4)17-6-5-8(16-17)11(12,13)14/h5-7H,1-4H3,(H,15,18). The molecule has 7 heteroatoms. The van der Waals surface area contributed by atoms with Crippen molar-refractivity contribution in [3.8, 4) is 0 Å². The lowest BCUT2D eigenvalue weighted by atomic mass is 10.1. The van der Waals surface area contributed by atoms with Gasteiger partial charge in [0.25, 0.3) is 0 Å². The smallest absolute Gasteiger partial charge is 0.350 e. The Bertz CT molecular complexity index is 431. The van der Waals surface area contributed by atoms with Crippen LogP contribution < -0.4 is 5.32 Å². The Morgan fingerprint density at radius 1 is 1.39 bits per heavy atom. The van der Waals surface area contributed by atoms with Crippen LogP contribution in [-0.2, 0) is 11.0 Å². The molecule has 0 aliphatic rings. The zero-order valence-electron chi connectivity index (χ0n) is 10.7. The summed E-state index contributed by atoms with van der Waals surface area (Å²) in [6, 6.07) is 0.0567. The van der Waals surface area contributed by atoms with Crippen LogP contribution in [-0.4, -0.2) is 21.2 Å². The van der Waals surface area contributed by atoms with Crippen LogP contribution in [0.15, 0.2) is 12.3 Å². The van der Waals surface area contributed by atoms with Crippen LogP contribution in [0.25, 0.3) is 0 Å². The first kappa shape index (κ1) is 14.5. The molecular weight excluding hydrogens is 247 g/mol. The van der Waals surface area contributed by atoms with E-state index in [-0.39, 0.29) is 5.91 Å². The average Bonchev–Trinajstić information content (AvgIpc) is 2.61. The van der Waals surface area contributed by atoms with Gasteiger partial charge < -0.3 is 5.32 Å². The minimum Gasteiger partial charge on any atom is -0.350 e. The number of hydrogen-bond acceptors (Lipinski definition) is 2. The predicted molar refractivity (Wildman–Crippen MR) is 59.8 cm³/mol. The van der Waals surface area contributed by atoms with Gasteiger partial charge >= 0.3 is 6.18 Å². The number of nitrogens with one attached hydrogen (secondary N) is 1. The highest BCUT2D eigenvalue weighted by Crippen LogP contribution is 2.27. The fourth-order valence-electron chi connectivity index (χ4n) is 1.30. The third-order valence-electron chi connectivity index (χ3n) is 2.17. The highest BCUT2D eigenvalue weighted by atomic mass is 19.4. The average molecular weight is 263 g/mol. The molecule has 0 spiro atoms. The van der Waals surface area contributed by atoms with Crippen molar-refractivity contribution in [1.29, 1.82) is 0 Å². The summed E-state index contributed by atoms with van der Waals surface area (Å²) in [6.45, 7) is 6.87. The van der Waals surface area contributed by atoms with Gasteiger partial charge in [-0.1, -0.05) is 0 Å². The predicted octanol–water partition coefficient (Wildman–Crippen LogP) is 2.38. The van der Waals surface area contributed by atoms with Gasteiger partial charge in [0.2, 0.25) is 5.91 Å². The van der Waals surface area contributed by atoms with Crippen molar-refractivity contribution in [1.82, 2.24) is 15.1 Å². The topological polar surface area (TPSA) is 46.9 Å². The minimum atomic E-state index is -4.49. The fourth-order valence-corrected chi connectivity index (χ4v) is 1.30. The zero-order valence-corrected chi connectivity index (χ0v) is 10.7. The molecule has 1 rings (SSSR count). The molecule has 1 aromatic heterocycles. The summed E-state index contributed by atoms with van der Waals surface area (Å²) < 4.78 is 38.1. The molecule has 102 valence electrons. The molecule has 0 aliphatic heterocycles. The number of rotatable bonds is 2. The van der Waals surface area contributed by atoms with Crippen molar-refractivity contribution in [2.75, 3.05) is 0 Å². The molecule has 0 aromatic carbocycles. The molecule has 18 heavy (non-hydrogen) atoms. The van der Waals surface area contributed by atoms with Crippen LogP contribution >= 0.6 is 0 Å². The van der Waals surface area contributed by atoms with Gasteiger partial charge in [0.15, 0.2) is 5.69 Å². The summed E-state index contributed by atoms with van der Waals surface area (Å²) in [5, 5.41) is 6.05. The van der Waals surface area contributed by atoms with E-state index in [9.17, 15) is 18.0 Å². The summed E-state index contributed by atoms with van der Waals surface area (Å²) >= 11 is 0. The number of nitrogens with zero attached hydrogens (tertiary/aromatic N) is 2. The Kier molecular flexibility index (Phi) is 3.73. The first-order valence-corrected chi connectivity index (χ1v) is 5.45. The minimum absolute atomic E-state index is 0.376. The molecule has 0 aliphatic carbocycles. The molecule has 1 atom stereocenters. The second kappa shape index (κ2) is 4.62. The largest absolute Gasteiger partial charge is 0.435 e. The van der Waals surface area contributed by atoms with E-state index < -0.39 is 23.5 Å². The molecule has 1 aromatic rings. The first-order valence-electron chi connectivity index (χ1n) is 5.45. The van der Waals surface area contributed by atoms with E-state index in [2.05, 4.69) is 10.4 Å². The molecular formula is C11H16F3N3O. The summed E-state index contributed by atoms with van der Waals surface area (Å²) in [6.07, 6.45) is -3.35. The monoisotopic (exact) mass is 263 g/mol. The van der Waals surface area contributed by atoms with Gasteiger partial charge in [0, 0.05) is 11.7 Å². The van der Waals surface area contributed by atoms with E-state index in [0.29, 0.717) is 0 Å². The van der Waals surface area contributed by atoms with Crippen molar-refractivity contribution >= 4 is 5.91 Å². The van der Waals surface area contributed by atoms with E-state index in [1.54, 1.807) is 20.8 Å². The first-order chi connectivity index (χ1) is 8.00. The molecule has 0 radical (unpaired) electrons. The number of aromatic nitrogens is 2. The van der Waals surface area contributed by atoms with Gasteiger partial charge in [0.05, 0.1) is 0 Å². The van der Waals surface area contributed by atoms with Crippen LogP contribution in [0.2, 0.25) is 0 Å². The maximum atomic E-state index is 12.4. The number of hydrogen-bond donors (Lipinski definition) is 1. The molecule has 0 bridgehead atoms. The molecule has 1 amide bonds. The van der Waals surface area contributed by atoms with Crippen LogP contribution in [0.1, 0.15) is 39.4 Å². The highest BCUT2D eigenvalue weighted by molar-refractivity contribution is 5.80. The molecule has 0 saturated carbocycles. The normalized spacial score (nSPS) is 14.4. The third-order valence-corrected chi connectivity index (χ3v) is 2.17. The Morgan fingerprint density at radius 3 is 2.33 bits per heavy atom. The van der Waals surface area contributed by atoms with Gasteiger partial charge in [-0.05, 0) is 33.8 Å². The molecule has 0 saturated heterocycles. The second-order valence-corrected chi connectivity index (χ2v) is 5.09. The Morgan fingerprint density at radius 2 is 1.94 bits per heavy atom. The van der Waals surface area contributed by atoms with Gasteiger partial charge in [-0.3, -0.25) is 9.48 Å². The Labute approximate surface area is 103 Å². The molecule has 1 N–H and O–H groups in total. The van der Waals surface area contributed by atoms with Crippen molar-refractivity contribution < 1.29 is 18.0 Å². The Hall–Kier alpha value is -1.53. The third kappa shape index (κ3) is 3.75. The van der Waals surface area contributed by atoms with Crippen LogP contribution in [0.5, 0.6) is 0 Å². The molecule has 0 fully saturated rings. The van der Waals surface area contributed by atoms with E-state index in [1.807, 2.05) is 0 Å². The zero-order chi connectivity index (χ0) is 14.1. The summed E-state index contributed by atoms with van der Waals surface area (Å²) in [5.74, 6) is -0.376. The summed E-state index contributed by atoms with van der Waals surface area (Å²) in [5.41, 5.74) is -1.44. The number of carbonyl (C=O) groups is 1. The van der Waals surface area contributed by atoms with E-state index in [4.69, 9.17) is 0 Å². The van der Waals surface area contributed by atoms with E-state index in [0.717, 1.165) is 16.9 Å². The maximum absolute atomic E-state index is 12.4. The van der Waals surface area contributed by atoms with E-state index in [1.165, 1.54) is 6.92 Å². The van der Waals surface area contributed by atoms with E-state index >= 15 is 0 Å². The summed E-state index contributed by atoms with van der Waals surface area (Å²) in [4.78, 5) is 11.8. The maximum Gasteiger partial charge on any atom is 0.435 e. The van der Waals surface area contributed by atoms with Crippen molar-refractivity contribution in [2.24, 2.45) is 0 Å².